The zero-order valence-corrected chi connectivity index (χ0v) is 20.7. The molecule has 0 atom stereocenters. The number of ether oxygens (including phenoxy) is 2. The number of carbonyl (C=O) groups is 1. The van der Waals surface area contributed by atoms with Crippen LogP contribution in [0.15, 0.2) is 59.5 Å². The first-order valence-electron chi connectivity index (χ1n) is 11.4. The van der Waals surface area contributed by atoms with Gasteiger partial charge in [-0.2, -0.15) is 13.2 Å². The second-order valence-corrected chi connectivity index (χ2v) is 10.9. The first kappa shape index (κ1) is 25.1. The van der Waals surface area contributed by atoms with Gasteiger partial charge in [-0.15, -0.1) is 0 Å². The Morgan fingerprint density at radius 2 is 1.68 bits per heavy atom. The number of carbonyl (C=O) groups excluding carboxylic acids is 1. The molecule has 7 nitrogen and oxygen atoms in total. The predicted molar refractivity (Wildman–Crippen MR) is 130 cm³/mol. The second-order valence-electron chi connectivity index (χ2n) is 9.05. The molecule has 37 heavy (non-hydrogen) atoms. The molecular weight excluding hydrogens is 509 g/mol. The third kappa shape index (κ3) is 4.53. The molecule has 3 aromatic rings. The molecule has 0 unspecified atom stereocenters. The van der Waals surface area contributed by atoms with Crippen LogP contribution in [0, 0.1) is 6.92 Å². The van der Waals surface area contributed by atoms with E-state index in [2.05, 4.69) is 5.32 Å². The highest BCUT2D eigenvalue weighted by Crippen LogP contribution is 2.51. The molecular formula is C26H23F3N2O5S. The number of sulfonamides is 1. The van der Waals surface area contributed by atoms with Gasteiger partial charge in [-0.1, -0.05) is 18.2 Å². The summed E-state index contributed by atoms with van der Waals surface area (Å²) < 4.78 is 79.0. The van der Waals surface area contributed by atoms with E-state index in [0.29, 0.717) is 41.7 Å². The van der Waals surface area contributed by atoms with Gasteiger partial charge in [0.2, 0.25) is 22.7 Å². The number of amides is 1. The molecule has 2 N–H and O–H groups in total. The van der Waals surface area contributed by atoms with Gasteiger partial charge in [0.15, 0.2) is 11.5 Å². The number of hydrogen-bond acceptors (Lipinski definition) is 5. The summed E-state index contributed by atoms with van der Waals surface area (Å²) in [6.07, 6.45) is -3.56. The average Bonchev–Trinajstić information content (AvgIpc) is 3.55. The van der Waals surface area contributed by atoms with Crippen molar-refractivity contribution in [3.63, 3.8) is 0 Å². The van der Waals surface area contributed by atoms with Crippen LogP contribution in [-0.4, -0.2) is 28.2 Å². The van der Waals surface area contributed by atoms with Gasteiger partial charge in [0.1, 0.15) is 0 Å². The number of anilines is 1. The van der Waals surface area contributed by atoms with Crippen LogP contribution in [-0.2, 0) is 26.4 Å². The third-order valence-corrected chi connectivity index (χ3v) is 8.18. The summed E-state index contributed by atoms with van der Waals surface area (Å²) in [4.78, 5) is 12.8. The van der Waals surface area contributed by atoms with Crippen molar-refractivity contribution in [3.05, 3.63) is 71.3 Å². The second kappa shape index (κ2) is 8.77. The van der Waals surface area contributed by atoms with Crippen molar-refractivity contribution >= 4 is 21.6 Å². The molecule has 0 saturated heterocycles. The van der Waals surface area contributed by atoms with Gasteiger partial charge in [-0.05, 0) is 85.5 Å². The Morgan fingerprint density at radius 3 is 2.35 bits per heavy atom. The van der Waals surface area contributed by atoms with E-state index in [1.807, 2.05) is 10.8 Å². The molecule has 194 valence electrons. The highest BCUT2D eigenvalue weighted by atomic mass is 32.2. The molecule has 3 aromatic carbocycles. The van der Waals surface area contributed by atoms with Crippen LogP contribution >= 0.6 is 0 Å². The zero-order chi connectivity index (χ0) is 26.6. The molecule has 0 radical (unpaired) electrons. The largest absolute Gasteiger partial charge is 0.454 e. The van der Waals surface area contributed by atoms with E-state index in [1.165, 1.54) is 6.07 Å². The highest BCUT2D eigenvalue weighted by Gasteiger charge is 2.51. The van der Waals surface area contributed by atoms with Crippen LogP contribution in [0.2, 0.25) is 0 Å². The van der Waals surface area contributed by atoms with Crippen LogP contribution in [0.1, 0.15) is 29.5 Å². The number of nitrogens with one attached hydrogen (secondary N) is 2. The van der Waals surface area contributed by atoms with Gasteiger partial charge in [-0.25, -0.2) is 13.1 Å². The van der Waals surface area contributed by atoms with Crippen LogP contribution in [0.3, 0.4) is 0 Å². The standard InChI is InChI=1S/C26H23F3N2O5S/c1-15-3-5-17(31-24(32)25(9-10-25)16-4-8-22-23(11-16)36-14-35-22)12-20(15)19-7-6-18(37(33,34)30-2)13-21(19)26(27,28)29/h3-8,11-13,30H,9-10,14H2,1-2H3,(H,31,32). The fourth-order valence-electron chi connectivity index (χ4n) is 4.48. The van der Waals surface area contributed by atoms with E-state index in [0.717, 1.165) is 24.7 Å². The summed E-state index contributed by atoms with van der Waals surface area (Å²) >= 11 is 0. The third-order valence-electron chi connectivity index (χ3n) is 6.77. The fourth-order valence-corrected chi connectivity index (χ4v) is 5.24. The van der Waals surface area contributed by atoms with E-state index in [1.54, 1.807) is 31.2 Å². The first-order valence-corrected chi connectivity index (χ1v) is 12.9. The maximum Gasteiger partial charge on any atom is 0.417 e. The van der Waals surface area contributed by atoms with Crippen LogP contribution < -0.4 is 19.5 Å². The summed E-state index contributed by atoms with van der Waals surface area (Å²) in [6, 6.07) is 12.9. The van der Waals surface area contributed by atoms with Crippen molar-refractivity contribution in [2.75, 3.05) is 19.2 Å². The Hall–Kier alpha value is -3.57. The van der Waals surface area contributed by atoms with Crippen molar-refractivity contribution < 1.29 is 35.9 Å². The van der Waals surface area contributed by atoms with Crippen molar-refractivity contribution in [1.29, 1.82) is 0 Å². The number of benzene rings is 3. The Balaban J connectivity index is 1.48. The maximum absolute atomic E-state index is 14.0. The molecule has 1 aliphatic carbocycles. The first-order chi connectivity index (χ1) is 17.4. The minimum absolute atomic E-state index is 0.117. The molecule has 0 bridgehead atoms. The molecule has 0 spiro atoms. The minimum Gasteiger partial charge on any atom is -0.454 e. The van der Waals surface area contributed by atoms with Crippen molar-refractivity contribution in [1.82, 2.24) is 4.72 Å². The van der Waals surface area contributed by atoms with E-state index in [9.17, 15) is 26.4 Å². The lowest BCUT2D eigenvalue weighted by Crippen LogP contribution is -2.27. The normalized spacial score (nSPS) is 15.9. The van der Waals surface area contributed by atoms with Gasteiger partial charge in [0.25, 0.3) is 0 Å². The molecule has 0 aromatic heterocycles. The number of rotatable bonds is 6. The molecule has 1 heterocycles. The van der Waals surface area contributed by atoms with Crippen molar-refractivity contribution in [2.24, 2.45) is 0 Å². The molecule has 1 amide bonds. The molecule has 1 fully saturated rings. The topological polar surface area (TPSA) is 93.7 Å². The summed E-state index contributed by atoms with van der Waals surface area (Å²) in [5, 5.41) is 2.85. The molecule has 2 aliphatic rings. The molecule has 5 rings (SSSR count). The van der Waals surface area contributed by atoms with Crippen LogP contribution in [0.4, 0.5) is 18.9 Å². The van der Waals surface area contributed by atoms with Gasteiger partial charge >= 0.3 is 6.18 Å². The lowest BCUT2D eigenvalue weighted by Gasteiger charge is -2.19. The number of alkyl halides is 3. The Morgan fingerprint density at radius 1 is 0.946 bits per heavy atom. The van der Waals surface area contributed by atoms with Gasteiger partial charge in [-0.3, -0.25) is 4.79 Å². The number of hydrogen-bond donors (Lipinski definition) is 2. The Bertz CT molecular complexity index is 1520. The monoisotopic (exact) mass is 532 g/mol. The van der Waals surface area contributed by atoms with Gasteiger partial charge in [0, 0.05) is 5.69 Å². The van der Waals surface area contributed by atoms with E-state index < -0.39 is 32.1 Å². The van der Waals surface area contributed by atoms with Gasteiger partial charge < -0.3 is 14.8 Å². The number of halogens is 3. The SMILES string of the molecule is CNS(=O)(=O)c1ccc(-c2cc(NC(=O)C3(c4ccc5c(c4)OCO5)CC3)ccc2C)c(C(F)(F)F)c1. The lowest BCUT2D eigenvalue weighted by atomic mass is 9.93. The quantitative estimate of drug-likeness (QED) is 0.467. The summed E-state index contributed by atoms with van der Waals surface area (Å²) in [7, 11) is -2.95. The smallest absolute Gasteiger partial charge is 0.417 e. The highest BCUT2D eigenvalue weighted by molar-refractivity contribution is 7.89. The lowest BCUT2D eigenvalue weighted by molar-refractivity contribution is -0.137. The zero-order valence-electron chi connectivity index (χ0n) is 19.9. The maximum atomic E-state index is 14.0. The Kier molecular flexibility index (Phi) is 5.95. The summed E-state index contributed by atoms with van der Waals surface area (Å²) in [6.45, 7) is 1.76. The minimum atomic E-state index is -4.81. The predicted octanol–water partition coefficient (Wildman–Crippen LogP) is 4.99. The number of aryl methyl sites for hydroxylation is 1. The Labute approximate surface area is 211 Å². The fraction of sp³-hybridized carbons (Fsp3) is 0.269. The van der Waals surface area contributed by atoms with Crippen molar-refractivity contribution in [2.45, 2.75) is 36.3 Å². The van der Waals surface area contributed by atoms with Crippen LogP contribution in [0.5, 0.6) is 11.5 Å². The van der Waals surface area contributed by atoms with Crippen LogP contribution in [0.25, 0.3) is 11.1 Å². The van der Waals surface area contributed by atoms with E-state index in [-0.39, 0.29) is 23.8 Å². The van der Waals surface area contributed by atoms with E-state index in [4.69, 9.17) is 9.47 Å². The van der Waals surface area contributed by atoms with E-state index >= 15 is 0 Å². The number of fused-ring (bicyclic) bond motifs is 1. The molecule has 1 aliphatic heterocycles. The summed E-state index contributed by atoms with van der Waals surface area (Å²) in [5.41, 5.74) is -0.162. The summed E-state index contributed by atoms with van der Waals surface area (Å²) in [5.74, 6) is 0.905. The molecule has 1 saturated carbocycles. The molecule has 11 heteroatoms. The van der Waals surface area contributed by atoms with Gasteiger partial charge in [0.05, 0.1) is 15.9 Å². The van der Waals surface area contributed by atoms with Crippen molar-refractivity contribution in [3.8, 4) is 22.6 Å². The average molecular weight is 533 g/mol.